The number of hydrogen-bond donors (Lipinski definition) is 1. The van der Waals surface area contributed by atoms with E-state index in [0.717, 1.165) is 12.8 Å². The first-order valence-corrected chi connectivity index (χ1v) is 3.97. The molecular weight excluding hydrogens is 138 g/mol. The third-order valence-corrected chi connectivity index (χ3v) is 0.939. The molecule has 2 nitrogen and oxygen atoms in total. The molecule has 0 aromatic heterocycles. The first-order valence-electron chi connectivity index (χ1n) is 3.97. The van der Waals surface area contributed by atoms with Crippen molar-refractivity contribution in [2.75, 3.05) is 13.7 Å². The van der Waals surface area contributed by atoms with Crippen LogP contribution in [0.25, 0.3) is 0 Å². The van der Waals surface area contributed by atoms with Gasteiger partial charge in [0.15, 0.2) is 0 Å². The van der Waals surface area contributed by atoms with Gasteiger partial charge in [0.25, 0.3) is 0 Å². The van der Waals surface area contributed by atoms with Gasteiger partial charge in [-0.05, 0) is 19.4 Å². The van der Waals surface area contributed by atoms with Gasteiger partial charge in [0.05, 0.1) is 0 Å². The maximum absolute atomic E-state index is 8.07. The molecule has 0 spiro atoms. The van der Waals surface area contributed by atoms with Crippen LogP contribution >= 0.6 is 0 Å². The molecule has 0 heterocycles. The molecule has 0 saturated carbocycles. The topological polar surface area (TPSA) is 32.6 Å². The molecule has 0 aromatic carbocycles. The highest BCUT2D eigenvalue weighted by atomic mass is 16.2. The third-order valence-electron chi connectivity index (χ3n) is 0.939. The number of nitrogens with zero attached hydrogens (tertiary/aromatic N) is 1. The van der Waals surface area contributed by atoms with Crippen LogP contribution in [0.5, 0.6) is 0 Å². The monoisotopic (exact) mass is 157 g/mol. The van der Waals surface area contributed by atoms with Crippen LogP contribution in [0.1, 0.15) is 26.7 Å². The second-order valence-electron chi connectivity index (χ2n) is 2.01. The normalized spacial score (nSPS) is 10.2. The average Bonchev–Trinajstić information content (AvgIpc) is 2.04. The summed E-state index contributed by atoms with van der Waals surface area (Å²) in [5.41, 5.74) is 0. The van der Waals surface area contributed by atoms with Gasteiger partial charge in [-0.15, -0.1) is 0 Å². The van der Waals surface area contributed by atoms with Gasteiger partial charge < -0.3 is 5.11 Å². The molecular formula is C9H19NO. The maximum atomic E-state index is 8.07. The standard InChI is InChI=1S/C5H9N.C4H10O/c1-3-4-5-6-2;1-2-3-4-5/h3-5H,1-2H3;5H,2-4H2,1H3/b4-3-,6-5?;. The Labute approximate surface area is 69.7 Å². The highest BCUT2D eigenvalue weighted by Gasteiger charge is 1.69. The van der Waals surface area contributed by atoms with Gasteiger partial charge in [0, 0.05) is 19.9 Å². The molecule has 0 aliphatic rings. The first kappa shape index (κ1) is 13.0. The van der Waals surface area contributed by atoms with Crippen molar-refractivity contribution in [3.63, 3.8) is 0 Å². The van der Waals surface area contributed by atoms with Crippen molar-refractivity contribution in [2.45, 2.75) is 26.7 Å². The van der Waals surface area contributed by atoms with E-state index < -0.39 is 0 Å². The Hall–Kier alpha value is -0.630. The fraction of sp³-hybridized carbons (Fsp3) is 0.667. The molecule has 1 N–H and O–H groups in total. The van der Waals surface area contributed by atoms with E-state index in [9.17, 15) is 0 Å². The van der Waals surface area contributed by atoms with Crippen molar-refractivity contribution in [1.29, 1.82) is 0 Å². The SMILES string of the molecule is C/C=C\C=NC.CCCCO. The number of unbranched alkanes of at least 4 members (excludes halogenated alkanes) is 1. The summed E-state index contributed by atoms with van der Waals surface area (Å²) in [4.78, 5) is 3.71. The van der Waals surface area contributed by atoms with Crippen molar-refractivity contribution in [2.24, 2.45) is 4.99 Å². The molecule has 66 valence electrons. The Bertz CT molecular complexity index is 85.7. The van der Waals surface area contributed by atoms with E-state index in [4.69, 9.17) is 5.11 Å². The fourth-order valence-electron chi connectivity index (χ4n) is 0.330. The van der Waals surface area contributed by atoms with E-state index in [0.29, 0.717) is 6.61 Å². The fourth-order valence-corrected chi connectivity index (χ4v) is 0.330. The first-order chi connectivity index (χ1) is 5.33. The molecule has 0 rings (SSSR count). The Morgan fingerprint density at radius 3 is 2.18 bits per heavy atom. The summed E-state index contributed by atoms with van der Waals surface area (Å²) in [7, 11) is 1.75. The van der Waals surface area contributed by atoms with Gasteiger partial charge >= 0.3 is 0 Å². The smallest absolute Gasteiger partial charge is 0.0430 e. The van der Waals surface area contributed by atoms with Crippen molar-refractivity contribution in [3.05, 3.63) is 12.2 Å². The van der Waals surface area contributed by atoms with Crippen LogP contribution in [0.15, 0.2) is 17.1 Å². The van der Waals surface area contributed by atoms with E-state index in [-0.39, 0.29) is 0 Å². The Morgan fingerprint density at radius 2 is 2.09 bits per heavy atom. The molecule has 0 fully saturated rings. The maximum Gasteiger partial charge on any atom is 0.0430 e. The second-order valence-corrected chi connectivity index (χ2v) is 2.01. The molecule has 0 radical (unpaired) electrons. The lowest BCUT2D eigenvalue weighted by atomic mass is 10.4. The van der Waals surface area contributed by atoms with Gasteiger partial charge in [0.2, 0.25) is 0 Å². The molecule has 0 bridgehead atoms. The number of rotatable bonds is 3. The predicted molar refractivity (Wildman–Crippen MR) is 51.2 cm³/mol. The van der Waals surface area contributed by atoms with Crippen LogP contribution < -0.4 is 0 Å². The zero-order valence-electron chi connectivity index (χ0n) is 7.75. The van der Waals surface area contributed by atoms with Crippen molar-refractivity contribution in [1.82, 2.24) is 0 Å². The summed E-state index contributed by atoms with van der Waals surface area (Å²) in [6.45, 7) is 4.36. The molecule has 0 saturated heterocycles. The van der Waals surface area contributed by atoms with E-state index >= 15 is 0 Å². The van der Waals surface area contributed by atoms with Crippen LogP contribution in [-0.4, -0.2) is 25.0 Å². The zero-order chi connectivity index (χ0) is 8.95. The van der Waals surface area contributed by atoms with E-state index in [2.05, 4.69) is 11.9 Å². The van der Waals surface area contributed by atoms with Gasteiger partial charge in [-0.25, -0.2) is 0 Å². The quantitative estimate of drug-likeness (QED) is 0.625. The number of aliphatic hydroxyl groups excluding tert-OH is 1. The summed E-state index contributed by atoms with van der Waals surface area (Å²) < 4.78 is 0. The zero-order valence-corrected chi connectivity index (χ0v) is 7.75. The molecule has 0 amide bonds. The molecule has 0 unspecified atom stereocenters. The van der Waals surface area contributed by atoms with Crippen LogP contribution in [0.2, 0.25) is 0 Å². The average molecular weight is 157 g/mol. The summed E-state index contributed by atoms with van der Waals surface area (Å²) >= 11 is 0. The van der Waals surface area contributed by atoms with Crippen LogP contribution in [0, 0.1) is 0 Å². The highest BCUT2D eigenvalue weighted by Crippen LogP contribution is 1.78. The largest absolute Gasteiger partial charge is 0.396 e. The van der Waals surface area contributed by atoms with Crippen molar-refractivity contribution in [3.8, 4) is 0 Å². The summed E-state index contributed by atoms with van der Waals surface area (Å²) in [5, 5.41) is 8.07. The lowest BCUT2D eigenvalue weighted by Crippen LogP contribution is -1.75. The minimum absolute atomic E-state index is 0.344. The summed E-state index contributed by atoms with van der Waals surface area (Å²) in [6, 6.07) is 0. The predicted octanol–water partition coefficient (Wildman–Crippen LogP) is 2.04. The highest BCUT2D eigenvalue weighted by molar-refractivity contribution is 5.70. The Balaban J connectivity index is 0. The van der Waals surface area contributed by atoms with Gasteiger partial charge in [-0.1, -0.05) is 19.4 Å². The van der Waals surface area contributed by atoms with Gasteiger partial charge in [-0.3, -0.25) is 4.99 Å². The number of aliphatic hydroxyl groups is 1. The minimum Gasteiger partial charge on any atom is -0.396 e. The Kier molecular flexibility index (Phi) is 19.1. The molecule has 2 heteroatoms. The van der Waals surface area contributed by atoms with Crippen molar-refractivity contribution < 1.29 is 5.11 Å². The third kappa shape index (κ3) is 26.7. The van der Waals surface area contributed by atoms with E-state index in [1.54, 1.807) is 13.3 Å². The number of allylic oxidation sites excluding steroid dienone is 2. The lowest BCUT2D eigenvalue weighted by molar-refractivity contribution is 0.287. The number of hydrogen-bond acceptors (Lipinski definition) is 2. The van der Waals surface area contributed by atoms with Crippen LogP contribution in [-0.2, 0) is 0 Å². The van der Waals surface area contributed by atoms with E-state index in [1.807, 2.05) is 19.1 Å². The molecule has 0 atom stereocenters. The van der Waals surface area contributed by atoms with Crippen LogP contribution in [0.3, 0.4) is 0 Å². The lowest BCUT2D eigenvalue weighted by Gasteiger charge is -1.79. The molecule has 0 aromatic rings. The number of aliphatic imine (C=N–C) groups is 1. The van der Waals surface area contributed by atoms with Gasteiger partial charge in [-0.2, -0.15) is 0 Å². The molecule has 0 aliphatic heterocycles. The van der Waals surface area contributed by atoms with Gasteiger partial charge in [0.1, 0.15) is 0 Å². The Morgan fingerprint density at radius 1 is 1.45 bits per heavy atom. The van der Waals surface area contributed by atoms with E-state index in [1.165, 1.54) is 0 Å². The second kappa shape index (κ2) is 16.2. The minimum atomic E-state index is 0.344. The van der Waals surface area contributed by atoms with Crippen molar-refractivity contribution >= 4 is 6.21 Å². The molecule has 11 heavy (non-hydrogen) atoms. The summed E-state index contributed by atoms with van der Waals surface area (Å²) in [5.74, 6) is 0. The van der Waals surface area contributed by atoms with Crippen LogP contribution in [0.4, 0.5) is 0 Å². The summed E-state index contributed by atoms with van der Waals surface area (Å²) in [6.07, 6.45) is 7.61. The molecule has 0 aliphatic carbocycles.